The predicted molar refractivity (Wildman–Crippen MR) is 67.8 cm³/mol. The molecule has 0 unspecified atom stereocenters. The molecule has 0 aromatic carbocycles. The number of aromatic nitrogens is 3. The van der Waals surface area contributed by atoms with Crippen molar-refractivity contribution < 1.29 is 4.79 Å². The minimum absolute atomic E-state index is 0.160. The molecule has 0 saturated carbocycles. The highest BCUT2D eigenvalue weighted by Crippen LogP contribution is 2.22. The molecule has 0 aliphatic heterocycles. The molecule has 17 heavy (non-hydrogen) atoms. The van der Waals surface area contributed by atoms with Gasteiger partial charge in [-0.05, 0) is 28.1 Å². The lowest BCUT2D eigenvalue weighted by Gasteiger charge is -2.05. The van der Waals surface area contributed by atoms with Crippen LogP contribution in [0.1, 0.15) is 0 Å². The first-order valence-corrected chi connectivity index (χ1v) is 5.90. The number of halogens is 2. The Morgan fingerprint density at radius 2 is 2.41 bits per heavy atom. The number of nitrogens with one attached hydrogen (secondary N) is 1. The van der Waals surface area contributed by atoms with Crippen molar-refractivity contribution in [2.24, 2.45) is 0 Å². The summed E-state index contributed by atoms with van der Waals surface area (Å²) in [5.74, 6) is -0.176. The van der Waals surface area contributed by atoms with Crippen LogP contribution in [0.15, 0.2) is 35.2 Å². The first kappa shape index (κ1) is 12.1. The molecule has 2 heterocycles. The summed E-state index contributed by atoms with van der Waals surface area (Å²) in [6, 6.07) is 3.45. The summed E-state index contributed by atoms with van der Waals surface area (Å²) in [6.07, 6.45) is 4.83. The highest BCUT2D eigenvalue weighted by atomic mass is 79.9. The summed E-state index contributed by atoms with van der Waals surface area (Å²) in [4.78, 5) is 15.5. The van der Waals surface area contributed by atoms with Gasteiger partial charge >= 0.3 is 0 Å². The minimum Gasteiger partial charge on any atom is -0.323 e. The van der Waals surface area contributed by atoms with Gasteiger partial charge < -0.3 is 5.32 Å². The zero-order valence-corrected chi connectivity index (χ0v) is 10.9. The predicted octanol–water partition coefficient (Wildman–Crippen LogP) is 2.33. The molecule has 0 aliphatic rings. The van der Waals surface area contributed by atoms with E-state index in [1.807, 2.05) is 0 Å². The maximum Gasteiger partial charge on any atom is 0.246 e. The molecule has 2 aromatic heterocycles. The van der Waals surface area contributed by atoms with Crippen LogP contribution in [0.4, 0.5) is 5.69 Å². The molecule has 88 valence electrons. The maximum absolute atomic E-state index is 11.6. The zero-order chi connectivity index (χ0) is 12.3. The Balaban J connectivity index is 2.00. The van der Waals surface area contributed by atoms with Gasteiger partial charge in [0.2, 0.25) is 5.91 Å². The average molecular weight is 316 g/mol. The monoisotopic (exact) mass is 314 g/mol. The topological polar surface area (TPSA) is 59.8 Å². The second-order valence-corrected chi connectivity index (χ2v) is 4.46. The summed E-state index contributed by atoms with van der Waals surface area (Å²) in [7, 11) is 0. The van der Waals surface area contributed by atoms with Gasteiger partial charge in [-0.1, -0.05) is 11.6 Å². The maximum atomic E-state index is 11.6. The normalized spacial score (nSPS) is 10.2. The number of pyridine rings is 1. The minimum atomic E-state index is -0.176. The Labute approximate surface area is 111 Å². The van der Waals surface area contributed by atoms with Gasteiger partial charge in [0, 0.05) is 12.4 Å². The average Bonchev–Trinajstić information content (AvgIpc) is 2.76. The highest BCUT2D eigenvalue weighted by Gasteiger charge is 2.05. The van der Waals surface area contributed by atoms with Crippen molar-refractivity contribution in [2.45, 2.75) is 6.54 Å². The van der Waals surface area contributed by atoms with Gasteiger partial charge in [0.1, 0.15) is 11.7 Å². The summed E-state index contributed by atoms with van der Waals surface area (Å²) >= 11 is 8.98. The van der Waals surface area contributed by atoms with Crippen molar-refractivity contribution in [1.29, 1.82) is 0 Å². The summed E-state index contributed by atoms with van der Waals surface area (Å²) in [6.45, 7) is 0.160. The molecule has 0 saturated heterocycles. The molecular weight excluding hydrogens is 307 g/mol. The van der Waals surface area contributed by atoms with E-state index in [-0.39, 0.29) is 12.5 Å². The van der Waals surface area contributed by atoms with Crippen molar-refractivity contribution in [3.63, 3.8) is 0 Å². The smallest absolute Gasteiger partial charge is 0.246 e. The van der Waals surface area contributed by atoms with Crippen LogP contribution >= 0.6 is 27.5 Å². The number of amides is 1. The number of nitrogens with zero attached hydrogens (tertiary/aromatic N) is 3. The summed E-state index contributed by atoms with van der Waals surface area (Å²) in [5.41, 5.74) is 0.582. The van der Waals surface area contributed by atoms with E-state index in [1.54, 1.807) is 24.5 Å². The second-order valence-electron chi connectivity index (χ2n) is 3.25. The molecule has 2 rings (SSSR count). The van der Waals surface area contributed by atoms with E-state index in [9.17, 15) is 4.79 Å². The third-order valence-corrected chi connectivity index (χ3v) is 3.08. The Kier molecular flexibility index (Phi) is 3.75. The van der Waals surface area contributed by atoms with E-state index in [1.165, 1.54) is 10.9 Å². The number of carbonyl (C=O) groups excluding carboxylic acids is 1. The van der Waals surface area contributed by atoms with Crippen molar-refractivity contribution in [3.05, 3.63) is 40.3 Å². The fourth-order valence-electron chi connectivity index (χ4n) is 1.23. The van der Waals surface area contributed by atoms with E-state index in [4.69, 9.17) is 11.6 Å². The molecule has 0 fully saturated rings. The number of hydrogen-bond donors (Lipinski definition) is 1. The van der Waals surface area contributed by atoms with Gasteiger partial charge in [0.25, 0.3) is 0 Å². The number of hydrogen-bond acceptors (Lipinski definition) is 3. The van der Waals surface area contributed by atoms with Crippen LogP contribution in [0.25, 0.3) is 0 Å². The fraction of sp³-hybridized carbons (Fsp3) is 0.100. The molecule has 0 bridgehead atoms. The first-order chi connectivity index (χ1) is 8.15. The van der Waals surface area contributed by atoms with Crippen LogP contribution in [-0.2, 0) is 11.3 Å². The molecule has 5 nitrogen and oxygen atoms in total. The summed E-state index contributed by atoms with van der Waals surface area (Å²) < 4.78 is 2.17. The highest BCUT2D eigenvalue weighted by molar-refractivity contribution is 9.10. The van der Waals surface area contributed by atoms with E-state index >= 15 is 0 Å². The quantitative estimate of drug-likeness (QED) is 0.884. The van der Waals surface area contributed by atoms with Gasteiger partial charge in [-0.2, -0.15) is 5.10 Å². The molecule has 2 aromatic rings. The van der Waals surface area contributed by atoms with Gasteiger partial charge in [-0.15, -0.1) is 0 Å². The largest absolute Gasteiger partial charge is 0.323 e. The van der Waals surface area contributed by atoms with Crippen LogP contribution in [0, 0.1) is 0 Å². The van der Waals surface area contributed by atoms with Crippen molar-refractivity contribution >= 4 is 39.1 Å². The van der Waals surface area contributed by atoms with Crippen molar-refractivity contribution in [1.82, 2.24) is 14.8 Å². The van der Waals surface area contributed by atoms with Crippen LogP contribution in [-0.4, -0.2) is 20.7 Å². The molecule has 0 spiro atoms. The Morgan fingerprint density at radius 1 is 1.59 bits per heavy atom. The van der Waals surface area contributed by atoms with Crippen molar-refractivity contribution in [3.8, 4) is 0 Å². The van der Waals surface area contributed by atoms with Gasteiger partial charge in [-0.25, -0.2) is 4.98 Å². The summed E-state index contributed by atoms with van der Waals surface area (Å²) in [5, 5.41) is 6.99. The Morgan fingerprint density at radius 3 is 3.06 bits per heavy atom. The van der Waals surface area contributed by atoms with Crippen LogP contribution in [0.2, 0.25) is 5.15 Å². The van der Waals surface area contributed by atoms with E-state index in [2.05, 4.69) is 31.3 Å². The number of anilines is 1. The number of carbonyl (C=O) groups is 1. The Hall–Kier alpha value is -1.40. The lowest BCUT2D eigenvalue weighted by molar-refractivity contribution is -0.116. The third-order valence-electron chi connectivity index (χ3n) is 1.94. The third kappa shape index (κ3) is 3.28. The Bertz CT molecular complexity index is 529. The molecule has 1 N–H and O–H groups in total. The molecule has 1 amide bonds. The van der Waals surface area contributed by atoms with Crippen molar-refractivity contribution in [2.75, 3.05) is 5.32 Å². The van der Waals surface area contributed by atoms with E-state index in [0.29, 0.717) is 15.3 Å². The lowest BCUT2D eigenvalue weighted by Crippen LogP contribution is -2.19. The molecule has 0 aliphatic carbocycles. The fourth-order valence-corrected chi connectivity index (χ4v) is 1.68. The first-order valence-electron chi connectivity index (χ1n) is 4.73. The van der Waals surface area contributed by atoms with Gasteiger partial charge in [-0.3, -0.25) is 9.48 Å². The van der Waals surface area contributed by atoms with Crippen LogP contribution in [0.3, 0.4) is 0 Å². The zero-order valence-electron chi connectivity index (χ0n) is 8.60. The number of rotatable bonds is 3. The SMILES string of the molecule is O=C(Cn1cccn1)Nc1cnc(Cl)c(Br)c1. The standard InChI is InChI=1S/C10H8BrClN4O/c11-8-4-7(5-13-10(8)12)15-9(17)6-16-3-1-2-14-16/h1-5H,6H2,(H,15,17). The molecule has 0 radical (unpaired) electrons. The molecular formula is C10H8BrClN4O. The van der Waals surface area contributed by atoms with E-state index in [0.717, 1.165) is 0 Å². The van der Waals surface area contributed by atoms with Crippen LogP contribution < -0.4 is 5.32 Å². The second kappa shape index (κ2) is 5.29. The van der Waals surface area contributed by atoms with Crippen LogP contribution in [0.5, 0.6) is 0 Å². The van der Waals surface area contributed by atoms with Gasteiger partial charge in [0.05, 0.1) is 16.4 Å². The molecule has 0 atom stereocenters. The lowest BCUT2D eigenvalue weighted by atomic mass is 10.4. The van der Waals surface area contributed by atoms with Gasteiger partial charge in [0.15, 0.2) is 0 Å². The van der Waals surface area contributed by atoms with E-state index < -0.39 is 0 Å². The molecule has 7 heteroatoms.